The third-order valence-corrected chi connectivity index (χ3v) is 5.60. The Morgan fingerprint density at radius 2 is 1.57 bits per heavy atom. The lowest BCUT2D eigenvalue weighted by molar-refractivity contribution is -0.121. The molecule has 0 spiro atoms. The number of carbonyl (C=O) groups excluding carboxylic acids is 2. The zero-order valence-electron chi connectivity index (χ0n) is 16.0. The van der Waals surface area contributed by atoms with Crippen LogP contribution in [-0.2, 0) is 9.59 Å². The van der Waals surface area contributed by atoms with Gasteiger partial charge in [0.2, 0.25) is 5.91 Å². The summed E-state index contributed by atoms with van der Waals surface area (Å²) in [6, 6.07) is 16.2. The highest BCUT2D eigenvalue weighted by molar-refractivity contribution is 6.22. The summed E-state index contributed by atoms with van der Waals surface area (Å²) in [6.45, 7) is 0.821. The monoisotopic (exact) mass is 378 g/mol. The molecule has 2 aliphatic rings. The van der Waals surface area contributed by atoms with Crippen LogP contribution in [0.25, 0.3) is 0 Å². The van der Waals surface area contributed by atoms with Gasteiger partial charge >= 0.3 is 0 Å². The molecule has 2 fully saturated rings. The van der Waals surface area contributed by atoms with Crippen molar-refractivity contribution < 1.29 is 14.3 Å². The molecule has 0 aromatic heterocycles. The summed E-state index contributed by atoms with van der Waals surface area (Å²) in [5, 5.41) is 3.34. The van der Waals surface area contributed by atoms with Crippen LogP contribution in [0.4, 0.5) is 5.69 Å². The summed E-state index contributed by atoms with van der Waals surface area (Å²) in [7, 11) is 0. The number of hydrogen-bond acceptors (Lipinski definition) is 4. The Morgan fingerprint density at radius 3 is 2.29 bits per heavy atom. The van der Waals surface area contributed by atoms with Crippen LogP contribution < -0.4 is 15.0 Å². The average molecular weight is 378 g/mol. The molecule has 4 rings (SSSR count). The van der Waals surface area contributed by atoms with E-state index in [2.05, 4.69) is 5.32 Å². The van der Waals surface area contributed by atoms with Crippen LogP contribution in [0.2, 0.25) is 0 Å². The third kappa shape index (κ3) is 4.25. The van der Waals surface area contributed by atoms with Gasteiger partial charge in [-0.25, -0.2) is 4.90 Å². The largest absolute Gasteiger partial charge is 0.457 e. The number of amides is 2. The summed E-state index contributed by atoms with van der Waals surface area (Å²) in [5.74, 6) is 1.73. The molecular formula is C23H26N2O3. The number of para-hydroxylation sites is 1. The van der Waals surface area contributed by atoms with Crippen molar-refractivity contribution in [3.05, 3.63) is 54.6 Å². The Hall–Kier alpha value is -2.66. The quantitative estimate of drug-likeness (QED) is 0.762. The molecule has 5 heteroatoms. The second-order valence-corrected chi connectivity index (χ2v) is 7.65. The molecule has 1 atom stereocenters. The number of hydrogen-bond donors (Lipinski definition) is 1. The highest BCUT2D eigenvalue weighted by Crippen LogP contribution is 2.28. The number of anilines is 1. The van der Waals surface area contributed by atoms with Crippen molar-refractivity contribution >= 4 is 17.5 Å². The zero-order chi connectivity index (χ0) is 19.3. The van der Waals surface area contributed by atoms with Gasteiger partial charge in [0.05, 0.1) is 18.2 Å². The van der Waals surface area contributed by atoms with E-state index >= 15 is 0 Å². The lowest BCUT2D eigenvalue weighted by Crippen LogP contribution is -2.41. The SMILES string of the molecule is O=C1C[C@@H](NCC2CCCCC2)C(=O)N1c1ccc(Oc2ccccc2)cc1. The van der Waals surface area contributed by atoms with Crippen LogP contribution in [0.5, 0.6) is 11.5 Å². The maximum absolute atomic E-state index is 12.8. The van der Waals surface area contributed by atoms with Crippen LogP contribution >= 0.6 is 0 Å². The molecule has 2 aromatic carbocycles. The Bertz CT molecular complexity index is 814. The number of nitrogens with one attached hydrogen (secondary N) is 1. The van der Waals surface area contributed by atoms with Crippen molar-refractivity contribution in [1.82, 2.24) is 5.32 Å². The molecule has 2 amide bonds. The fourth-order valence-corrected chi connectivity index (χ4v) is 4.05. The lowest BCUT2D eigenvalue weighted by atomic mass is 9.89. The van der Waals surface area contributed by atoms with Gasteiger partial charge in [-0.1, -0.05) is 37.5 Å². The number of imide groups is 1. The molecule has 0 bridgehead atoms. The van der Waals surface area contributed by atoms with E-state index in [-0.39, 0.29) is 18.2 Å². The van der Waals surface area contributed by atoms with Crippen LogP contribution in [0.3, 0.4) is 0 Å². The normalized spacial score (nSPS) is 20.6. The van der Waals surface area contributed by atoms with E-state index in [9.17, 15) is 9.59 Å². The zero-order valence-corrected chi connectivity index (χ0v) is 16.0. The molecule has 1 N–H and O–H groups in total. The number of rotatable bonds is 6. The second kappa shape index (κ2) is 8.57. The van der Waals surface area contributed by atoms with Crippen LogP contribution in [0.15, 0.2) is 54.6 Å². The number of benzene rings is 2. The number of nitrogens with zero attached hydrogens (tertiary/aromatic N) is 1. The van der Waals surface area contributed by atoms with Crippen molar-refractivity contribution in [2.24, 2.45) is 5.92 Å². The van der Waals surface area contributed by atoms with Gasteiger partial charge in [0, 0.05) is 0 Å². The lowest BCUT2D eigenvalue weighted by Gasteiger charge is -2.23. The van der Waals surface area contributed by atoms with Gasteiger partial charge in [0.15, 0.2) is 0 Å². The average Bonchev–Trinajstić information content (AvgIpc) is 3.02. The third-order valence-electron chi connectivity index (χ3n) is 5.60. The Labute approximate surface area is 165 Å². The molecule has 1 heterocycles. The maximum Gasteiger partial charge on any atom is 0.251 e. The van der Waals surface area contributed by atoms with E-state index < -0.39 is 6.04 Å². The van der Waals surface area contributed by atoms with Gasteiger partial charge < -0.3 is 10.1 Å². The molecule has 28 heavy (non-hydrogen) atoms. The van der Waals surface area contributed by atoms with Gasteiger partial charge in [-0.2, -0.15) is 0 Å². The van der Waals surface area contributed by atoms with Crippen molar-refractivity contribution in [2.75, 3.05) is 11.4 Å². The van der Waals surface area contributed by atoms with Gasteiger partial charge in [0.25, 0.3) is 5.91 Å². The molecule has 1 saturated heterocycles. The van der Waals surface area contributed by atoms with Crippen LogP contribution in [0.1, 0.15) is 38.5 Å². The molecule has 1 aliphatic heterocycles. The first-order valence-electron chi connectivity index (χ1n) is 10.1. The second-order valence-electron chi connectivity index (χ2n) is 7.65. The molecule has 1 saturated carbocycles. The molecule has 1 aliphatic carbocycles. The topological polar surface area (TPSA) is 58.6 Å². The van der Waals surface area contributed by atoms with Crippen molar-refractivity contribution in [1.29, 1.82) is 0 Å². The fraction of sp³-hybridized carbons (Fsp3) is 0.391. The van der Waals surface area contributed by atoms with Gasteiger partial charge in [-0.05, 0) is 61.7 Å². The highest BCUT2D eigenvalue weighted by atomic mass is 16.5. The summed E-state index contributed by atoms with van der Waals surface area (Å²) in [4.78, 5) is 26.5. The highest BCUT2D eigenvalue weighted by Gasteiger charge is 2.39. The summed E-state index contributed by atoms with van der Waals surface area (Å²) >= 11 is 0. The van der Waals surface area contributed by atoms with Crippen LogP contribution in [0, 0.1) is 5.92 Å². The van der Waals surface area contributed by atoms with Gasteiger partial charge in [-0.3, -0.25) is 9.59 Å². The standard InChI is InChI=1S/C23H26N2O3/c26-22-15-21(24-16-17-7-3-1-4-8-17)23(27)25(22)18-11-13-20(14-12-18)28-19-9-5-2-6-10-19/h2,5-6,9-14,17,21,24H,1,3-4,7-8,15-16H2/t21-/m1/s1. The first kappa shape index (κ1) is 18.7. The van der Waals surface area contributed by atoms with E-state index in [0.717, 1.165) is 12.3 Å². The van der Waals surface area contributed by atoms with Gasteiger partial charge in [0.1, 0.15) is 11.5 Å². The molecule has 0 unspecified atom stereocenters. The van der Waals surface area contributed by atoms with E-state index in [1.165, 1.54) is 37.0 Å². The van der Waals surface area contributed by atoms with Crippen molar-refractivity contribution in [3.63, 3.8) is 0 Å². The smallest absolute Gasteiger partial charge is 0.251 e. The predicted octanol–water partition coefficient (Wildman–Crippen LogP) is 4.28. The minimum Gasteiger partial charge on any atom is -0.457 e. The minimum absolute atomic E-state index is 0.150. The first-order chi connectivity index (χ1) is 13.7. The number of ether oxygens (including phenoxy) is 1. The maximum atomic E-state index is 12.8. The Kier molecular flexibility index (Phi) is 5.72. The molecule has 146 valence electrons. The first-order valence-corrected chi connectivity index (χ1v) is 10.1. The predicted molar refractivity (Wildman–Crippen MR) is 108 cm³/mol. The van der Waals surface area contributed by atoms with E-state index in [1.54, 1.807) is 24.3 Å². The Morgan fingerprint density at radius 1 is 0.893 bits per heavy atom. The van der Waals surface area contributed by atoms with E-state index in [1.807, 2.05) is 30.3 Å². The van der Waals surface area contributed by atoms with Crippen molar-refractivity contribution in [3.8, 4) is 11.5 Å². The summed E-state index contributed by atoms with van der Waals surface area (Å²) < 4.78 is 5.78. The van der Waals surface area contributed by atoms with Crippen molar-refractivity contribution in [2.45, 2.75) is 44.6 Å². The summed E-state index contributed by atoms with van der Waals surface area (Å²) in [6.07, 6.45) is 6.52. The summed E-state index contributed by atoms with van der Waals surface area (Å²) in [5.41, 5.74) is 0.595. The fourth-order valence-electron chi connectivity index (χ4n) is 4.05. The van der Waals surface area contributed by atoms with Gasteiger partial charge in [-0.15, -0.1) is 0 Å². The van der Waals surface area contributed by atoms with Crippen LogP contribution in [-0.4, -0.2) is 24.4 Å². The molecule has 0 radical (unpaired) electrons. The Balaban J connectivity index is 1.38. The van der Waals surface area contributed by atoms with E-state index in [0.29, 0.717) is 17.4 Å². The van der Waals surface area contributed by atoms with E-state index in [4.69, 9.17) is 4.74 Å². The molecule has 5 nitrogen and oxygen atoms in total. The molecular weight excluding hydrogens is 352 g/mol. The number of carbonyl (C=O) groups is 2. The minimum atomic E-state index is -0.408. The molecule has 2 aromatic rings.